The first-order chi connectivity index (χ1) is 9.13. The normalized spacial score (nSPS) is 12.1. The van der Waals surface area contributed by atoms with Crippen LogP contribution >= 0.6 is 0 Å². The fourth-order valence-corrected chi connectivity index (χ4v) is 2.00. The zero-order chi connectivity index (χ0) is 13.8. The van der Waals surface area contributed by atoms with E-state index < -0.39 is 0 Å². The number of phenols is 1. The summed E-state index contributed by atoms with van der Waals surface area (Å²) in [5, 5.41) is 9.80. The average molecular weight is 254 g/mol. The molecule has 0 aromatic heterocycles. The van der Waals surface area contributed by atoms with Crippen LogP contribution in [0.15, 0.2) is 48.5 Å². The lowest BCUT2D eigenvalue weighted by Crippen LogP contribution is -2.09. The SMILES string of the molecule is CCC(C)C(=O)c1ccc(-c2ccccc2O)cc1. The van der Waals surface area contributed by atoms with Crippen LogP contribution in [-0.2, 0) is 0 Å². The molecule has 0 heterocycles. The molecule has 19 heavy (non-hydrogen) atoms. The lowest BCUT2D eigenvalue weighted by Gasteiger charge is -2.09. The first-order valence-electron chi connectivity index (χ1n) is 6.56. The zero-order valence-electron chi connectivity index (χ0n) is 11.3. The fourth-order valence-electron chi connectivity index (χ4n) is 2.00. The van der Waals surface area contributed by atoms with Crippen molar-refractivity contribution in [3.05, 3.63) is 54.1 Å². The van der Waals surface area contributed by atoms with E-state index >= 15 is 0 Å². The van der Waals surface area contributed by atoms with E-state index in [0.717, 1.165) is 23.1 Å². The second kappa shape index (κ2) is 5.70. The van der Waals surface area contributed by atoms with Crippen LogP contribution in [0.4, 0.5) is 0 Å². The van der Waals surface area contributed by atoms with Gasteiger partial charge in [0.2, 0.25) is 0 Å². The molecule has 0 aliphatic heterocycles. The molecule has 2 rings (SSSR count). The van der Waals surface area contributed by atoms with E-state index in [-0.39, 0.29) is 17.5 Å². The van der Waals surface area contributed by atoms with Crippen LogP contribution in [0, 0.1) is 5.92 Å². The summed E-state index contributed by atoms with van der Waals surface area (Å²) < 4.78 is 0. The van der Waals surface area contributed by atoms with Gasteiger partial charge in [-0.2, -0.15) is 0 Å². The first-order valence-corrected chi connectivity index (χ1v) is 6.56. The summed E-state index contributed by atoms with van der Waals surface area (Å²) in [6, 6.07) is 14.6. The molecule has 0 amide bonds. The Kier molecular flexibility index (Phi) is 4.00. The molecule has 0 saturated heterocycles. The fraction of sp³-hybridized carbons (Fsp3) is 0.235. The average Bonchev–Trinajstić information content (AvgIpc) is 2.46. The number of Topliss-reactive ketones (excluding diaryl/α,β-unsaturated/α-hetero) is 1. The molecule has 1 atom stereocenters. The number of ketones is 1. The van der Waals surface area contributed by atoms with Gasteiger partial charge in [-0.1, -0.05) is 56.3 Å². The third kappa shape index (κ3) is 2.84. The third-order valence-corrected chi connectivity index (χ3v) is 3.44. The number of para-hydroxylation sites is 1. The van der Waals surface area contributed by atoms with Crippen LogP contribution in [0.2, 0.25) is 0 Å². The van der Waals surface area contributed by atoms with Gasteiger partial charge in [0.25, 0.3) is 0 Å². The quantitative estimate of drug-likeness (QED) is 0.826. The van der Waals surface area contributed by atoms with Gasteiger partial charge in [-0.05, 0) is 18.1 Å². The highest BCUT2D eigenvalue weighted by Gasteiger charge is 2.13. The van der Waals surface area contributed by atoms with E-state index in [0.29, 0.717) is 0 Å². The predicted molar refractivity (Wildman–Crippen MR) is 77.3 cm³/mol. The maximum absolute atomic E-state index is 12.0. The molecule has 0 fully saturated rings. The number of phenolic OH excluding ortho intramolecular Hbond substituents is 1. The summed E-state index contributed by atoms with van der Waals surface area (Å²) in [6.45, 7) is 3.96. The molecule has 0 aliphatic rings. The summed E-state index contributed by atoms with van der Waals surface area (Å²) in [5.41, 5.74) is 2.43. The van der Waals surface area contributed by atoms with Crippen molar-refractivity contribution in [2.45, 2.75) is 20.3 Å². The minimum atomic E-state index is 0.0518. The van der Waals surface area contributed by atoms with Gasteiger partial charge in [-0.3, -0.25) is 4.79 Å². The number of carbonyl (C=O) groups excluding carboxylic acids is 1. The number of hydrogen-bond acceptors (Lipinski definition) is 2. The Balaban J connectivity index is 2.29. The minimum Gasteiger partial charge on any atom is -0.507 e. The molecule has 1 N–H and O–H groups in total. The van der Waals surface area contributed by atoms with Gasteiger partial charge >= 0.3 is 0 Å². The van der Waals surface area contributed by atoms with Crippen LogP contribution in [0.25, 0.3) is 11.1 Å². The number of rotatable bonds is 4. The van der Waals surface area contributed by atoms with Crippen molar-refractivity contribution in [1.29, 1.82) is 0 Å². The monoisotopic (exact) mass is 254 g/mol. The van der Waals surface area contributed by atoms with Crippen molar-refractivity contribution < 1.29 is 9.90 Å². The molecule has 0 aliphatic carbocycles. The largest absolute Gasteiger partial charge is 0.507 e. The molecule has 2 aromatic carbocycles. The highest BCUT2D eigenvalue weighted by molar-refractivity contribution is 5.98. The highest BCUT2D eigenvalue weighted by atomic mass is 16.3. The lowest BCUT2D eigenvalue weighted by molar-refractivity contribution is 0.0927. The second-order valence-corrected chi connectivity index (χ2v) is 4.77. The van der Waals surface area contributed by atoms with Gasteiger partial charge < -0.3 is 5.11 Å². The Labute approximate surface area is 113 Å². The maximum Gasteiger partial charge on any atom is 0.165 e. The summed E-state index contributed by atoms with van der Waals surface area (Å²) in [5.74, 6) is 0.478. The zero-order valence-corrected chi connectivity index (χ0v) is 11.3. The van der Waals surface area contributed by atoms with E-state index in [9.17, 15) is 9.90 Å². The molecule has 2 heteroatoms. The van der Waals surface area contributed by atoms with Crippen LogP contribution in [0.5, 0.6) is 5.75 Å². The van der Waals surface area contributed by atoms with Gasteiger partial charge in [0.1, 0.15) is 5.75 Å². The van der Waals surface area contributed by atoms with Crippen molar-refractivity contribution in [2.24, 2.45) is 5.92 Å². The molecule has 1 unspecified atom stereocenters. The van der Waals surface area contributed by atoms with Gasteiger partial charge in [0.15, 0.2) is 5.78 Å². The molecule has 0 bridgehead atoms. The van der Waals surface area contributed by atoms with Gasteiger partial charge in [-0.25, -0.2) is 0 Å². The topological polar surface area (TPSA) is 37.3 Å². The molecular formula is C17H18O2. The van der Waals surface area contributed by atoms with E-state index in [1.54, 1.807) is 12.1 Å². The molecular weight excluding hydrogens is 236 g/mol. The molecule has 0 spiro atoms. The minimum absolute atomic E-state index is 0.0518. The Morgan fingerprint density at radius 1 is 1.11 bits per heavy atom. The Hall–Kier alpha value is -2.09. The molecule has 2 nitrogen and oxygen atoms in total. The number of carbonyl (C=O) groups is 1. The van der Waals surface area contributed by atoms with E-state index in [2.05, 4.69) is 0 Å². The number of aromatic hydroxyl groups is 1. The molecule has 2 aromatic rings. The van der Waals surface area contributed by atoms with Crippen molar-refractivity contribution >= 4 is 5.78 Å². The lowest BCUT2D eigenvalue weighted by atomic mass is 9.95. The maximum atomic E-state index is 12.0. The Morgan fingerprint density at radius 3 is 2.32 bits per heavy atom. The van der Waals surface area contributed by atoms with Crippen LogP contribution in [0.1, 0.15) is 30.6 Å². The van der Waals surface area contributed by atoms with E-state index in [1.165, 1.54) is 0 Å². The summed E-state index contributed by atoms with van der Waals surface area (Å²) in [6.07, 6.45) is 0.847. The molecule has 0 radical (unpaired) electrons. The van der Waals surface area contributed by atoms with Crippen molar-refractivity contribution in [3.63, 3.8) is 0 Å². The van der Waals surface area contributed by atoms with Gasteiger partial charge in [-0.15, -0.1) is 0 Å². The standard InChI is InChI=1S/C17H18O2/c1-3-12(2)17(19)14-10-8-13(9-11-14)15-6-4-5-7-16(15)18/h4-12,18H,3H2,1-2H3. The van der Waals surface area contributed by atoms with Crippen LogP contribution < -0.4 is 0 Å². The van der Waals surface area contributed by atoms with E-state index in [4.69, 9.17) is 0 Å². The first kappa shape index (κ1) is 13.3. The number of benzene rings is 2. The summed E-state index contributed by atoms with van der Waals surface area (Å²) in [4.78, 5) is 12.0. The predicted octanol–water partition coefficient (Wildman–Crippen LogP) is 4.29. The Bertz CT molecular complexity index is 570. The smallest absolute Gasteiger partial charge is 0.165 e. The van der Waals surface area contributed by atoms with Gasteiger partial charge in [0, 0.05) is 17.0 Å². The third-order valence-electron chi connectivity index (χ3n) is 3.44. The highest BCUT2D eigenvalue weighted by Crippen LogP contribution is 2.28. The van der Waals surface area contributed by atoms with Crippen LogP contribution in [-0.4, -0.2) is 10.9 Å². The van der Waals surface area contributed by atoms with Crippen molar-refractivity contribution in [1.82, 2.24) is 0 Å². The van der Waals surface area contributed by atoms with E-state index in [1.807, 2.05) is 50.2 Å². The van der Waals surface area contributed by atoms with Crippen molar-refractivity contribution in [3.8, 4) is 16.9 Å². The van der Waals surface area contributed by atoms with Crippen LogP contribution in [0.3, 0.4) is 0 Å². The van der Waals surface area contributed by atoms with Gasteiger partial charge in [0.05, 0.1) is 0 Å². The summed E-state index contributed by atoms with van der Waals surface area (Å²) >= 11 is 0. The summed E-state index contributed by atoms with van der Waals surface area (Å²) in [7, 11) is 0. The second-order valence-electron chi connectivity index (χ2n) is 4.77. The molecule has 0 saturated carbocycles. The molecule has 98 valence electrons. The number of hydrogen-bond donors (Lipinski definition) is 1. The van der Waals surface area contributed by atoms with Crippen molar-refractivity contribution in [2.75, 3.05) is 0 Å². The Morgan fingerprint density at radius 2 is 1.74 bits per heavy atom.